The number of anilines is 1. The molecule has 1 aliphatic rings. The fourth-order valence-corrected chi connectivity index (χ4v) is 5.07. The molecule has 1 saturated heterocycles. The lowest BCUT2D eigenvalue weighted by Crippen LogP contribution is -2.29. The molecule has 1 fully saturated rings. The van der Waals surface area contributed by atoms with E-state index in [2.05, 4.69) is 0 Å². The van der Waals surface area contributed by atoms with Crippen molar-refractivity contribution in [3.05, 3.63) is 125 Å². The summed E-state index contributed by atoms with van der Waals surface area (Å²) in [5.41, 5.74) is 3.37. The zero-order chi connectivity index (χ0) is 29.6. The van der Waals surface area contributed by atoms with Crippen molar-refractivity contribution in [2.24, 2.45) is 0 Å². The van der Waals surface area contributed by atoms with E-state index in [4.69, 9.17) is 14.2 Å². The molecule has 0 saturated carbocycles. The summed E-state index contributed by atoms with van der Waals surface area (Å²) in [6.45, 7) is 7.01. The van der Waals surface area contributed by atoms with Crippen LogP contribution in [0.2, 0.25) is 0 Å². The largest absolute Gasteiger partial charge is 0.507 e. The first kappa shape index (κ1) is 28.5. The monoisotopic (exact) mass is 563 g/mol. The Kier molecular flexibility index (Phi) is 8.58. The van der Waals surface area contributed by atoms with E-state index in [1.54, 1.807) is 48.5 Å². The lowest BCUT2D eigenvalue weighted by molar-refractivity contribution is -0.132. The number of nitrogens with zero attached hydrogens (tertiary/aromatic N) is 1. The highest BCUT2D eigenvalue weighted by Crippen LogP contribution is 2.43. The number of ketones is 1. The molecule has 1 atom stereocenters. The molecule has 1 aliphatic heterocycles. The SMILES string of the molecule is CCOc1ccc(N2C(=O)C(=O)/C(=C(/O)c3ccc(OCc4ccccc4)c(C)c3)C2c2cccc(OCC)c2)cc1. The second-order valence-electron chi connectivity index (χ2n) is 9.86. The van der Waals surface area contributed by atoms with Crippen LogP contribution < -0.4 is 19.1 Å². The highest BCUT2D eigenvalue weighted by atomic mass is 16.5. The summed E-state index contributed by atoms with van der Waals surface area (Å²) >= 11 is 0. The molecule has 0 bridgehead atoms. The number of aliphatic hydroxyl groups excluding tert-OH is 1. The molecule has 0 aromatic heterocycles. The summed E-state index contributed by atoms with van der Waals surface area (Å²) in [6.07, 6.45) is 0. The number of carbonyl (C=O) groups is 2. The van der Waals surface area contributed by atoms with Gasteiger partial charge in [0.15, 0.2) is 0 Å². The van der Waals surface area contributed by atoms with Crippen LogP contribution in [0.15, 0.2) is 103 Å². The van der Waals surface area contributed by atoms with Gasteiger partial charge < -0.3 is 19.3 Å². The highest BCUT2D eigenvalue weighted by molar-refractivity contribution is 6.51. The average molecular weight is 564 g/mol. The quantitative estimate of drug-likeness (QED) is 0.127. The van der Waals surface area contributed by atoms with E-state index in [1.807, 2.05) is 69.3 Å². The number of aliphatic hydroxyl groups is 1. The normalized spacial score (nSPS) is 16.0. The van der Waals surface area contributed by atoms with Crippen molar-refractivity contribution < 1.29 is 28.9 Å². The molecule has 7 nitrogen and oxygen atoms in total. The van der Waals surface area contributed by atoms with Crippen molar-refractivity contribution in [3.63, 3.8) is 0 Å². The van der Waals surface area contributed by atoms with E-state index >= 15 is 0 Å². The van der Waals surface area contributed by atoms with Crippen molar-refractivity contribution in [1.29, 1.82) is 0 Å². The molecule has 1 amide bonds. The molecular formula is C35H33NO6. The van der Waals surface area contributed by atoms with Crippen LogP contribution in [0.25, 0.3) is 5.76 Å². The minimum Gasteiger partial charge on any atom is -0.507 e. The van der Waals surface area contributed by atoms with Crippen LogP contribution in [0.4, 0.5) is 5.69 Å². The van der Waals surface area contributed by atoms with Gasteiger partial charge in [-0.05, 0) is 92.1 Å². The topological polar surface area (TPSA) is 85.3 Å². The number of rotatable bonds is 10. The molecule has 5 rings (SSSR count). The number of Topliss-reactive ketones (excluding diaryl/α,β-unsaturated/α-hetero) is 1. The number of amides is 1. The maximum atomic E-state index is 13.6. The smallest absolute Gasteiger partial charge is 0.300 e. The second kappa shape index (κ2) is 12.6. The Morgan fingerprint density at radius 2 is 1.50 bits per heavy atom. The third-order valence-electron chi connectivity index (χ3n) is 7.04. The number of ether oxygens (including phenoxy) is 3. The Hall–Kier alpha value is -5.04. The zero-order valence-corrected chi connectivity index (χ0v) is 23.9. The molecule has 0 radical (unpaired) electrons. The van der Waals surface area contributed by atoms with E-state index < -0.39 is 17.7 Å². The minimum absolute atomic E-state index is 0.000105. The number of hydrogen-bond acceptors (Lipinski definition) is 6. The lowest BCUT2D eigenvalue weighted by Gasteiger charge is -2.26. The van der Waals surface area contributed by atoms with Crippen LogP contribution in [-0.4, -0.2) is 30.0 Å². The van der Waals surface area contributed by atoms with Gasteiger partial charge in [0.05, 0.1) is 24.8 Å². The van der Waals surface area contributed by atoms with Crippen molar-refractivity contribution in [2.75, 3.05) is 18.1 Å². The van der Waals surface area contributed by atoms with E-state index in [1.165, 1.54) is 4.90 Å². The number of hydrogen-bond donors (Lipinski definition) is 1. The summed E-state index contributed by atoms with van der Waals surface area (Å²) in [5, 5.41) is 11.6. The molecule has 1 unspecified atom stereocenters. The first-order valence-electron chi connectivity index (χ1n) is 14.0. The second-order valence-corrected chi connectivity index (χ2v) is 9.86. The van der Waals surface area contributed by atoms with E-state index in [9.17, 15) is 14.7 Å². The van der Waals surface area contributed by atoms with Gasteiger partial charge in [0.25, 0.3) is 11.7 Å². The lowest BCUT2D eigenvalue weighted by atomic mass is 9.94. The van der Waals surface area contributed by atoms with Crippen molar-refractivity contribution >= 4 is 23.1 Å². The van der Waals surface area contributed by atoms with Crippen LogP contribution in [0.5, 0.6) is 17.2 Å². The highest BCUT2D eigenvalue weighted by Gasteiger charge is 2.47. The predicted octanol–water partition coefficient (Wildman–Crippen LogP) is 7.00. The first-order chi connectivity index (χ1) is 20.4. The van der Waals surface area contributed by atoms with Gasteiger partial charge in [-0.2, -0.15) is 0 Å². The first-order valence-corrected chi connectivity index (χ1v) is 14.0. The van der Waals surface area contributed by atoms with Gasteiger partial charge in [-0.25, -0.2) is 0 Å². The van der Waals surface area contributed by atoms with Gasteiger partial charge in [-0.3, -0.25) is 14.5 Å². The Balaban J connectivity index is 1.56. The zero-order valence-electron chi connectivity index (χ0n) is 23.9. The summed E-state index contributed by atoms with van der Waals surface area (Å²) in [6, 6.07) is 28.4. The third kappa shape index (κ3) is 5.86. The Bertz CT molecular complexity index is 1610. The van der Waals surface area contributed by atoms with Gasteiger partial charge >= 0.3 is 0 Å². The molecular weight excluding hydrogens is 530 g/mol. The standard InChI is InChI=1S/C35H33NO6/c1-4-40-28-17-15-27(16-18-28)36-32(25-12-9-13-29(21-25)41-5-2)31(34(38)35(36)39)33(37)26-14-19-30(23(3)20-26)42-22-24-10-7-6-8-11-24/h6-21,32,37H,4-5,22H2,1-3H3/b33-31+. The molecule has 214 valence electrons. The van der Waals surface area contributed by atoms with E-state index in [-0.39, 0.29) is 11.3 Å². The molecule has 4 aromatic rings. The van der Waals surface area contributed by atoms with Crippen LogP contribution in [0.3, 0.4) is 0 Å². The maximum absolute atomic E-state index is 13.6. The molecule has 7 heteroatoms. The maximum Gasteiger partial charge on any atom is 0.300 e. The third-order valence-corrected chi connectivity index (χ3v) is 7.04. The molecule has 42 heavy (non-hydrogen) atoms. The number of aryl methyl sites for hydroxylation is 1. The van der Waals surface area contributed by atoms with E-state index in [0.717, 1.165) is 11.1 Å². The van der Waals surface area contributed by atoms with Gasteiger partial charge in [-0.1, -0.05) is 42.5 Å². The molecule has 0 spiro atoms. The number of benzene rings is 4. The van der Waals surface area contributed by atoms with Gasteiger partial charge in [0.1, 0.15) is 29.6 Å². The Morgan fingerprint density at radius 3 is 2.19 bits per heavy atom. The Morgan fingerprint density at radius 1 is 0.786 bits per heavy atom. The molecule has 0 aliphatic carbocycles. The summed E-state index contributed by atoms with van der Waals surface area (Å²) in [7, 11) is 0. The van der Waals surface area contributed by atoms with Crippen molar-refractivity contribution in [3.8, 4) is 17.2 Å². The minimum atomic E-state index is -0.877. The summed E-state index contributed by atoms with van der Waals surface area (Å²) in [4.78, 5) is 28.6. The van der Waals surface area contributed by atoms with Crippen LogP contribution in [-0.2, 0) is 16.2 Å². The Labute approximate surface area is 245 Å². The van der Waals surface area contributed by atoms with Gasteiger partial charge in [-0.15, -0.1) is 0 Å². The molecule has 4 aromatic carbocycles. The molecule has 1 heterocycles. The van der Waals surface area contributed by atoms with Gasteiger partial charge in [0, 0.05) is 11.3 Å². The van der Waals surface area contributed by atoms with Crippen LogP contribution in [0, 0.1) is 6.92 Å². The molecule has 1 N–H and O–H groups in total. The van der Waals surface area contributed by atoms with Crippen molar-refractivity contribution in [1.82, 2.24) is 0 Å². The van der Waals surface area contributed by atoms with E-state index in [0.29, 0.717) is 53.9 Å². The summed E-state index contributed by atoms with van der Waals surface area (Å²) in [5.74, 6) is 0.153. The predicted molar refractivity (Wildman–Crippen MR) is 162 cm³/mol. The van der Waals surface area contributed by atoms with Crippen LogP contribution in [0.1, 0.15) is 42.1 Å². The average Bonchev–Trinajstić information content (AvgIpc) is 3.27. The van der Waals surface area contributed by atoms with Crippen LogP contribution >= 0.6 is 0 Å². The van der Waals surface area contributed by atoms with Crippen molar-refractivity contribution in [2.45, 2.75) is 33.4 Å². The fourth-order valence-electron chi connectivity index (χ4n) is 5.07. The van der Waals surface area contributed by atoms with Gasteiger partial charge in [0.2, 0.25) is 0 Å². The number of carbonyl (C=O) groups excluding carboxylic acids is 2. The summed E-state index contributed by atoms with van der Waals surface area (Å²) < 4.78 is 17.3. The fraction of sp³-hybridized carbons (Fsp3) is 0.200.